The Hall–Kier alpha value is -1.26. The predicted molar refractivity (Wildman–Crippen MR) is 90.7 cm³/mol. The second kappa shape index (κ2) is 19.7. The molecule has 0 aliphatic rings. The number of aldehydes is 2. The van der Waals surface area contributed by atoms with E-state index in [1.54, 1.807) is 0 Å². The van der Waals surface area contributed by atoms with Crippen molar-refractivity contribution >= 4 is 12.6 Å². The average molecular weight is 312 g/mol. The van der Waals surface area contributed by atoms with E-state index in [1.807, 2.05) is 0 Å². The molecule has 0 amide bonds. The van der Waals surface area contributed by atoms with Crippen LogP contribution >= 0.6 is 0 Å². The summed E-state index contributed by atoms with van der Waals surface area (Å²) in [6, 6.07) is 0. The van der Waals surface area contributed by atoms with Crippen LogP contribution in [0.5, 0.6) is 0 Å². The van der Waals surface area contributed by atoms with Crippen LogP contribution < -0.4 is 0 Å². The number of hydrogen-bond acceptors (Lipinski definition) is 4. The van der Waals surface area contributed by atoms with Crippen LogP contribution in [0.3, 0.4) is 0 Å². The third-order valence-electron chi connectivity index (χ3n) is 3.03. The number of allylic oxidation sites excluding steroid dienone is 2. The van der Waals surface area contributed by atoms with E-state index >= 15 is 0 Å². The summed E-state index contributed by atoms with van der Waals surface area (Å²) in [7, 11) is 0. The van der Waals surface area contributed by atoms with Crippen molar-refractivity contribution in [1.29, 1.82) is 0 Å². The maximum absolute atomic E-state index is 9.84. The van der Waals surface area contributed by atoms with Crippen LogP contribution in [0.15, 0.2) is 24.3 Å². The van der Waals surface area contributed by atoms with Gasteiger partial charge in [-0.25, -0.2) is 0 Å². The van der Waals surface area contributed by atoms with Crippen LogP contribution in [-0.2, 0) is 9.59 Å². The van der Waals surface area contributed by atoms with Crippen LogP contribution in [-0.4, -0.2) is 35.0 Å². The van der Waals surface area contributed by atoms with Crippen molar-refractivity contribution in [1.82, 2.24) is 0 Å². The molecule has 0 aliphatic carbocycles. The van der Waals surface area contributed by atoms with Gasteiger partial charge in [0.1, 0.15) is 12.6 Å². The third-order valence-corrected chi connectivity index (χ3v) is 3.03. The Labute approximate surface area is 134 Å². The minimum atomic E-state index is -0.438. The van der Waals surface area contributed by atoms with Gasteiger partial charge >= 0.3 is 0 Å². The maximum Gasteiger partial charge on any atom is 0.142 e. The van der Waals surface area contributed by atoms with Crippen molar-refractivity contribution < 1.29 is 19.8 Å². The first-order valence-corrected chi connectivity index (χ1v) is 8.22. The molecule has 2 atom stereocenters. The van der Waals surface area contributed by atoms with E-state index in [-0.39, 0.29) is 0 Å². The minimum Gasteiger partial charge on any atom is -0.389 e. The quantitative estimate of drug-likeness (QED) is 0.329. The van der Waals surface area contributed by atoms with Crippen molar-refractivity contribution in [2.75, 3.05) is 0 Å². The summed E-state index contributed by atoms with van der Waals surface area (Å²) in [6.45, 7) is 4.24. The molecule has 128 valence electrons. The first-order valence-electron chi connectivity index (χ1n) is 8.22. The number of rotatable bonds is 12. The smallest absolute Gasteiger partial charge is 0.142 e. The average Bonchev–Trinajstić information content (AvgIpc) is 2.52. The molecule has 0 saturated carbocycles. The molecular formula is C18H32O4. The van der Waals surface area contributed by atoms with E-state index in [0.717, 1.165) is 51.4 Å². The first kappa shape index (κ1) is 23.0. The Morgan fingerprint density at radius 2 is 1.09 bits per heavy atom. The van der Waals surface area contributed by atoms with Gasteiger partial charge in [-0.15, -0.1) is 0 Å². The topological polar surface area (TPSA) is 74.6 Å². The maximum atomic E-state index is 9.84. The second-order valence-electron chi connectivity index (χ2n) is 5.17. The van der Waals surface area contributed by atoms with Crippen LogP contribution in [0, 0.1) is 0 Å². The van der Waals surface area contributed by atoms with Crippen LogP contribution in [0.1, 0.15) is 65.2 Å². The van der Waals surface area contributed by atoms with E-state index in [2.05, 4.69) is 13.8 Å². The monoisotopic (exact) mass is 312 g/mol. The summed E-state index contributed by atoms with van der Waals surface area (Å²) in [5.74, 6) is 0. The molecule has 0 radical (unpaired) electrons. The molecule has 0 spiro atoms. The lowest BCUT2D eigenvalue weighted by molar-refractivity contribution is -0.104. The molecule has 2 unspecified atom stereocenters. The van der Waals surface area contributed by atoms with Gasteiger partial charge in [-0.1, -0.05) is 64.5 Å². The molecule has 0 bridgehead atoms. The molecule has 0 rings (SSSR count). The number of unbranched alkanes of at least 4 members (excludes halogenated alkanes) is 4. The van der Waals surface area contributed by atoms with Gasteiger partial charge in [-0.05, 0) is 25.0 Å². The molecule has 22 heavy (non-hydrogen) atoms. The summed E-state index contributed by atoms with van der Waals surface area (Å²) in [6.07, 6.45) is 14.4. The zero-order chi connectivity index (χ0) is 17.1. The van der Waals surface area contributed by atoms with E-state index in [4.69, 9.17) is 10.2 Å². The summed E-state index contributed by atoms with van der Waals surface area (Å²) in [5.41, 5.74) is 0. The predicted octanol–water partition coefficient (Wildman–Crippen LogP) is 3.37. The minimum absolute atomic E-state index is 0.438. The Morgan fingerprint density at radius 1 is 0.727 bits per heavy atom. The lowest BCUT2D eigenvalue weighted by Crippen LogP contribution is -2.01. The number of carbonyl (C=O) groups is 2. The van der Waals surface area contributed by atoms with Gasteiger partial charge in [0.15, 0.2) is 0 Å². The highest BCUT2D eigenvalue weighted by atomic mass is 16.3. The molecule has 4 heteroatoms. The number of aliphatic hydroxyl groups excluding tert-OH is 2. The molecule has 4 nitrogen and oxygen atoms in total. The van der Waals surface area contributed by atoms with Gasteiger partial charge in [0.2, 0.25) is 0 Å². The van der Waals surface area contributed by atoms with Gasteiger partial charge < -0.3 is 10.2 Å². The summed E-state index contributed by atoms with van der Waals surface area (Å²) in [4.78, 5) is 19.7. The van der Waals surface area contributed by atoms with Gasteiger partial charge in [-0.2, -0.15) is 0 Å². The second-order valence-corrected chi connectivity index (χ2v) is 5.17. The van der Waals surface area contributed by atoms with Gasteiger partial charge in [0, 0.05) is 0 Å². The van der Waals surface area contributed by atoms with Crippen LogP contribution in [0.4, 0.5) is 0 Å². The fourth-order valence-corrected chi connectivity index (χ4v) is 1.75. The zero-order valence-electron chi connectivity index (χ0n) is 14.0. The van der Waals surface area contributed by atoms with Crippen molar-refractivity contribution in [3.05, 3.63) is 24.3 Å². The summed E-state index contributed by atoms with van der Waals surface area (Å²) >= 11 is 0. The molecule has 0 saturated heterocycles. The lowest BCUT2D eigenvalue weighted by atomic mass is 10.1. The highest BCUT2D eigenvalue weighted by Crippen LogP contribution is 2.04. The first-order chi connectivity index (χ1) is 10.6. The van der Waals surface area contributed by atoms with Gasteiger partial charge in [0.05, 0.1) is 12.2 Å². The Balaban J connectivity index is 0. The number of aliphatic hydroxyl groups is 2. The highest BCUT2D eigenvalue weighted by molar-refractivity contribution is 5.65. The Morgan fingerprint density at radius 3 is 1.36 bits per heavy atom. The van der Waals surface area contributed by atoms with Crippen LogP contribution in [0.25, 0.3) is 0 Å². The van der Waals surface area contributed by atoms with Gasteiger partial charge in [-0.3, -0.25) is 9.59 Å². The summed E-state index contributed by atoms with van der Waals surface area (Å²) in [5, 5.41) is 18.3. The standard InChI is InChI=1S/2C9H16O2/c2*1-2-3-4-6-9(11)7-5-8-10/h2*5,7-9,11H,2-4,6H2,1H3. The molecule has 0 aliphatic heterocycles. The molecule has 0 aromatic rings. The number of carbonyl (C=O) groups excluding carboxylic acids is 2. The SMILES string of the molecule is CCCCCC(O)C=CC=O.CCCCCC(O)C=CC=O. The Kier molecular flexibility index (Phi) is 20.6. The normalized spacial score (nSPS) is 13.6. The van der Waals surface area contributed by atoms with Crippen molar-refractivity contribution in [2.45, 2.75) is 77.4 Å². The van der Waals surface area contributed by atoms with E-state index in [0.29, 0.717) is 12.6 Å². The number of hydrogen-bond donors (Lipinski definition) is 2. The van der Waals surface area contributed by atoms with E-state index < -0.39 is 12.2 Å². The van der Waals surface area contributed by atoms with Crippen molar-refractivity contribution in [3.8, 4) is 0 Å². The molecular weight excluding hydrogens is 280 g/mol. The van der Waals surface area contributed by atoms with Crippen molar-refractivity contribution in [2.24, 2.45) is 0 Å². The third kappa shape index (κ3) is 21.0. The highest BCUT2D eigenvalue weighted by Gasteiger charge is 1.97. The van der Waals surface area contributed by atoms with E-state index in [9.17, 15) is 9.59 Å². The Bertz CT molecular complexity index is 267. The van der Waals surface area contributed by atoms with Gasteiger partial charge in [0.25, 0.3) is 0 Å². The molecule has 0 aromatic carbocycles. The lowest BCUT2D eigenvalue weighted by Gasteiger charge is -2.02. The van der Waals surface area contributed by atoms with Crippen molar-refractivity contribution in [3.63, 3.8) is 0 Å². The fraction of sp³-hybridized carbons (Fsp3) is 0.667. The molecule has 0 heterocycles. The molecule has 2 N–H and O–H groups in total. The molecule has 0 fully saturated rings. The largest absolute Gasteiger partial charge is 0.389 e. The summed E-state index contributed by atoms with van der Waals surface area (Å²) < 4.78 is 0. The fourth-order valence-electron chi connectivity index (χ4n) is 1.75. The van der Waals surface area contributed by atoms with E-state index in [1.165, 1.54) is 24.3 Å². The molecule has 0 aromatic heterocycles. The zero-order valence-corrected chi connectivity index (χ0v) is 14.0. The van der Waals surface area contributed by atoms with Crippen LogP contribution in [0.2, 0.25) is 0 Å².